The van der Waals surface area contributed by atoms with Crippen molar-refractivity contribution in [2.24, 2.45) is 10.9 Å². The number of nitrogens with zero attached hydrogens (tertiary/aromatic N) is 3. The van der Waals surface area contributed by atoms with Crippen molar-refractivity contribution in [3.8, 4) is 0 Å². The molecular weight excluding hydrogens is 423 g/mol. The van der Waals surface area contributed by atoms with Gasteiger partial charge < -0.3 is 15.1 Å². The molecule has 0 aromatic heterocycles. The molecule has 1 fully saturated rings. The fraction of sp³-hybridized carbons (Fsp3) is 0.650. The molecule has 2 rings (SSSR count). The molecule has 25 heavy (non-hydrogen) atoms. The van der Waals surface area contributed by atoms with Crippen molar-refractivity contribution in [2.75, 3.05) is 39.8 Å². The average Bonchev–Trinajstić information content (AvgIpc) is 2.62. The van der Waals surface area contributed by atoms with E-state index in [9.17, 15) is 0 Å². The normalized spacial score (nSPS) is 16.4. The molecule has 0 unspecified atom stereocenters. The number of hydrogen-bond acceptors (Lipinski definition) is 2. The number of halogens is 1. The van der Waals surface area contributed by atoms with Crippen LogP contribution in [0.5, 0.6) is 0 Å². The molecule has 0 saturated carbocycles. The zero-order valence-electron chi connectivity index (χ0n) is 16.1. The van der Waals surface area contributed by atoms with Gasteiger partial charge in [-0.15, -0.1) is 24.0 Å². The fourth-order valence-corrected chi connectivity index (χ4v) is 3.35. The van der Waals surface area contributed by atoms with Crippen molar-refractivity contribution in [3.05, 3.63) is 35.9 Å². The van der Waals surface area contributed by atoms with Gasteiger partial charge in [0.15, 0.2) is 5.96 Å². The predicted octanol–water partition coefficient (Wildman–Crippen LogP) is 3.82. The van der Waals surface area contributed by atoms with E-state index >= 15 is 0 Å². The SMILES string of the molecule is CCNC(=NCCC1CCN(CC)CC1)N(C)Cc1ccccc1.I. The van der Waals surface area contributed by atoms with Crippen molar-refractivity contribution in [3.63, 3.8) is 0 Å². The van der Waals surface area contributed by atoms with Gasteiger partial charge in [-0.25, -0.2) is 0 Å². The minimum atomic E-state index is 0. The van der Waals surface area contributed by atoms with Gasteiger partial charge in [-0.2, -0.15) is 0 Å². The van der Waals surface area contributed by atoms with Gasteiger partial charge >= 0.3 is 0 Å². The summed E-state index contributed by atoms with van der Waals surface area (Å²) in [5, 5.41) is 3.42. The number of hydrogen-bond donors (Lipinski definition) is 1. The van der Waals surface area contributed by atoms with E-state index in [4.69, 9.17) is 4.99 Å². The minimum absolute atomic E-state index is 0. The van der Waals surface area contributed by atoms with Crippen LogP contribution in [0, 0.1) is 5.92 Å². The van der Waals surface area contributed by atoms with Gasteiger partial charge in [0.1, 0.15) is 0 Å². The molecule has 0 spiro atoms. The molecule has 0 aliphatic carbocycles. The Kier molecular flexibility index (Phi) is 11.1. The van der Waals surface area contributed by atoms with Crippen molar-refractivity contribution < 1.29 is 0 Å². The van der Waals surface area contributed by atoms with Crippen LogP contribution in [0.4, 0.5) is 0 Å². The van der Waals surface area contributed by atoms with Crippen molar-refractivity contribution in [2.45, 2.75) is 39.7 Å². The maximum absolute atomic E-state index is 4.86. The van der Waals surface area contributed by atoms with Crippen LogP contribution in [-0.4, -0.2) is 55.5 Å². The third-order valence-electron chi connectivity index (χ3n) is 4.91. The van der Waals surface area contributed by atoms with E-state index < -0.39 is 0 Å². The Morgan fingerprint density at radius 3 is 2.48 bits per heavy atom. The summed E-state index contributed by atoms with van der Waals surface area (Å²) < 4.78 is 0. The predicted molar refractivity (Wildman–Crippen MR) is 119 cm³/mol. The first-order valence-corrected chi connectivity index (χ1v) is 9.48. The zero-order valence-corrected chi connectivity index (χ0v) is 18.4. The molecule has 1 aromatic rings. The summed E-state index contributed by atoms with van der Waals surface area (Å²) >= 11 is 0. The zero-order chi connectivity index (χ0) is 17.2. The monoisotopic (exact) mass is 458 g/mol. The number of benzene rings is 1. The molecule has 5 heteroatoms. The number of nitrogens with one attached hydrogen (secondary N) is 1. The van der Waals surface area contributed by atoms with E-state index in [1.807, 2.05) is 0 Å². The van der Waals surface area contributed by atoms with Gasteiger partial charge in [-0.1, -0.05) is 37.3 Å². The van der Waals surface area contributed by atoms with Crippen molar-refractivity contribution in [1.29, 1.82) is 0 Å². The minimum Gasteiger partial charge on any atom is -0.357 e. The molecule has 0 bridgehead atoms. The summed E-state index contributed by atoms with van der Waals surface area (Å²) in [6, 6.07) is 10.6. The van der Waals surface area contributed by atoms with Crippen molar-refractivity contribution >= 4 is 29.9 Å². The number of piperidine rings is 1. The van der Waals surface area contributed by atoms with Crippen molar-refractivity contribution in [1.82, 2.24) is 15.1 Å². The molecule has 1 aliphatic rings. The van der Waals surface area contributed by atoms with E-state index in [1.54, 1.807) is 0 Å². The van der Waals surface area contributed by atoms with E-state index in [1.165, 1.54) is 44.5 Å². The highest BCUT2D eigenvalue weighted by atomic mass is 127. The third-order valence-corrected chi connectivity index (χ3v) is 4.91. The summed E-state index contributed by atoms with van der Waals surface area (Å²) in [4.78, 5) is 9.63. The molecule has 1 saturated heterocycles. The van der Waals surface area contributed by atoms with Crippen LogP contribution in [0.3, 0.4) is 0 Å². The van der Waals surface area contributed by atoms with Gasteiger partial charge in [0.25, 0.3) is 0 Å². The molecule has 1 N–H and O–H groups in total. The molecule has 1 aromatic carbocycles. The second kappa shape index (κ2) is 12.5. The first kappa shape index (κ1) is 22.2. The second-order valence-corrected chi connectivity index (χ2v) is 6.74. The quantitative estimate of drug-likeness (QED) is 0.383. The van der Waals surface area contributed by atoms with Crippen LogP contribution in [0.25, 0.3) is 0 Å². The van der Waals surface area contributed by atoms with Crippen LogP contribution in [0.1, 0.15) is 38.7 Å². The standard InChI is InChI=1S/C20H34N4.HI/c1-4-21-20(23(3)17-19-9-7-6-8-10-19)22-14-11-18-12-15-24(5-2)16-13-18;/h6-10,18H,4-5,11-17H2,1-3H3,(H,21,22);1H. The summed E-state index contributed by atoms with van der Waals surface area (Å²) in [5.41, 5.74) is 1.32. The first-order valence-electron chi connectivity index (χ1n) is 9.48. The molecule has 0 atom stereocenters. The van der Waals surface area contributed by atoms with E-state index in [-0.39, 0.29) is 24.0 Å². The molecular formula is C20H35IN4. The lowest BCUT2D eigenvalue weighted by Crippen LogP contribution is -2.38. The second-order valence-electron chi connectivity index (χ2n) is 6.74. The van der Waals surface area contributed by atoms with Gasteiger partial charge in [0, 0.05) is 26.7 Å². The van der Waals surface area contributed by atoms with Gasteiger partial charge in [0.05, 0.1) is 0 Å². The smallest absolute Gasteiger partial charge is 0.193 e. The number of guanidine groups is 1. The topological polar surface area (TPSA) is 30.9 Å². The molecule has 4 nitrogen and oxygen atoms in total. The molecule has 0 radical (unpaired) electrons. The lowest BCUT2D eigenvalue weighted by atomic mass is 9.94. The Hall–Kier alpha value is -0.820. The van der Waals surface area contributed by atoms with Crippen LogP contribution >= 0.6 is 24.0 Å². The fourth-order valence-electron chi connectivity index (χ4n) is 3.35. The maximum atomic E-state index is 4.86. The maximum Gasteiger partial charge on any atom is 0.193 e. The highest BCUT2D eigenvalue weighted by Gasteiger charge is 2.17. The third kappa shape index (κ3) is 7.94. The summed E-state index contributed by atoms with van der Waals surface area (Å²) in [7, 11) is 2.12. The average molecular weight is 458 g/mol. The number of rotatable bonds is 7. The van der Waals surface area contributed by atoms with Gasteiger partial charge in [-0.05, 0) is 57.3 Å². The highest BCUT2D eigenvalue weighted by Crippen LogP contribution is 2.20. The Morgan fingerprint density at radius 1 is 1.20 bits per heavy atom. The van der Waals surface area contributed by atoms with E-state index in [2.05, 4.69) is 66.3 Å². The molecule has 1 aliphatic heterocycles. The molecule has 0 amide bonds. The van der Waals surface area contributed by atoms with E-state index in [0.29, 0.717) is 0 Å². The molecule has 1 heterocycles. The van der Waals surface area contributed by atoms with Crippen LogP contribution < -0.4 is 5.32 Å². The van der Waals surface area contributed by atoms with Crippen LogP contribution in [0.2, 0.25) is 0 Å². The Balaban J connectivity index is 0.00000312. The number of likely N-dealkylation sites (tertiary alicyclic amines) is 1. The Morgan fingerprint density at radius 2 is 1.88 bits per heavy atom. The Bertz CT molecular complexity index is 484. The summed E-state index contributed by atoms with van der Waals surface area (Å²) in [6.07, 6.45) is 3.88. The van der Waals surface area contributed by atoms with Gasteiger partial charge in [-0.3, -0.25) is 4.99 Å². The first-order chi connectivity index (χ1) is 11.7. The van der Waals surface area contributed by atoms with Gasteiger partial charge in [0.2, 0.25) is 0 Å². The molecule has 142 valence electrons. The number of aliphatic imine (C=N–C) groups is 1. The summed E-state index contributed by atoms with van der Waals surface area (Å²) in [5.74, 6) is 1.87. The Labute approximate surface area is 171 Å². The highest BCUT2D eigenvalue weighted by molar-refractivity contribution is 14.0. The summed E-state index contributed by atoms with van der Waals surface area (Å²) in [6.45, 7) is 10.8. The van der Waals surface area contributed by atoms with Crippen LogP contribution in [-0.2, 0) is 6.54 Å². The lowest BCUT2D eigenvalue weighted by Gasteiger charge is -2.30. The van der Waals surface area contributed by atoms with Crippen LogP contribution in [0.15, 0.2) is 35.3 Å². The lowest BCUT2D eigenvalue weighted by molar-refractivity contribution is 0.188. The largest absolute Gasteiger partial charge is 0.357 e. The van der Waals surface area contributed by atoms with E-state index in [0.717, 1.165) is 31.5 Å².